The predicted octanol–water partition coefficient (Wildman–Crippen LogP) is 2.79. The predicted molar refractivity (Wildman–Crippen MR) is 81.1 cm³/mol. The third-order valence-corrected chi connectivity index (χ3v) is 5.71. The minimum absolute atomic E-state index is 0.226. The highest BCUT2D eigenvalue weighted by Crippen LogP contribution is 2.42. The van der Waals surface area contributed by atoms with Gasteiger partial charge in [0.1, 0.15) is 0 Å². The zero-order valence-electron chi connectivity index (χ0n) is 12.9. The summed E-state index contributed by atoms with van der Waals surface area (Å²) >= 11 is 0. The summed E-state index contributed by atoms with van der Waals surface area (Å²) in [5.74, 6) is 2.73. The second kappa shape index (κ2) is 5.67. The molecule has 3 heteroatoms. The zero-order valence-corrected chi connectivity index (χ0v) is 12.9. The third kappa shape index (κ3) is 3.19. The molecule has 0 spiro atoms. The van der Waals surface area contributed by atoms with Crippen LogP contribution in [0.3, 0.4) is 0 Å². The fourth-order valence-corrected chi connectivity index (χ4v) is 3.62. The molecule has 2 N–H and O–H groups in total. The van der Waals surface area contributed by atoms with E-state index in [9.17, 15) is 4.79 Å². The van der Waals surface area contributed by atoms with E-state index < -0.39 is 0 Å². The highest BCUT2D eigenvalue weighted by molar-refractivity contribution is 5.83. The van der Waals surface area contributed by atoms with E-state index >= 15 is 0 Å². The van der Waals surface area contributed by atoms with Crippen molar-refractivity contribution in [3.8, 4) is 0 Å². The summed E-state index contributed by atoms with van der Waals surface area (Å²) in [6, 6.07) is 0. The molecule has 20 heavy (non-hydrogen) atoms. The summed E-state index contributed by atoms with van der Waals surface area (Å²) < 4.78 is 0. The SMILES string of the molecule is CC1CCC(CN)(C(=O)N(CC2CC2)CC2CC2)CC1. The molecule has 1 amide bonds. The Labute approximate surface area is 123 Å². The van der Waals surface area contributed by atoms with Gasteiger partial charge in [0, 0.05) is 19.6 Å². The van der Waals surface area contributed by atoms with Gasteiger partial charge in [-0.3, -0.25) is 4.79 Å². The van der Waals surface area contributed by atoms with Gasteiger partial charge in [-0.15, -0.1) is 0 Å². The van der Waals surface area contributed by atoms with Gasteiger partial charge in [-0.05, 0) is 69.1 Å². The third-order valence-electron chi connectivity index (χ3n) is 5.71. The molecule has 3 saturated carbocycles. The Kier molecular flexibility index (Phi) is 4.07. The van der Waals surface area contributed by atoms with Crippen LogP contribution in [0.4, 0.5) is 0 Å². The average molecular weight is 278 g/mol. The molecule has 114 valence electrons. The van der Waals surface area contributed by atoms with Gasteiger partial charge in [-0.2, -0.15) is 0 Å². The second-order valence-electron chi connectivity index (χ2n) is 7.76. The molecule has 0 aromatic carbocycles. The first-order chi connectivity index (χ1) is 9.63. The summed E-state index contributed by atoms with van der Waals surface area (Å²) in [6.45, 7) is 4.86. The van der Waals surface area contributed by atoms with Gasteiger partial charge in [0.2, 0.25) is 5.91 Å². The topological polar surface area (TPSA) is 46.3 Å². The molecule has 3 aliphatic carbocycles. The Morgan fingerprint density at radius 3 is 1.95 bits per heavy atom. The first-order valence-corrected chi connectivity index (χ1v) is 8.62. The molecule has 0 atom stereocenters. The number of amides is 1. The van der Waals surface area contributed by atoms with E-state index in [0.29, 0.717) is 12.5 Å². The number of nitrogens with zero attached hydrogens (tertiary/aromatic N) is 1. The lowest BCUT2D eigenvalue weighted by atomic mass is 9.70. The molecule has 3 nitrogen and oxygen atoms in total. The molecule has 0 aliphatic heterocycles. The molecule has 0 unspecified atom stereocenters. The van der Waals surface area contributed by atoms with Crippen molar-refractivity contribution in [1.29, 1.82) is 0 Å². The number of carbonyl (C=O) groups excluding carboxylic acids is 1. The van der Waals surface area contributed by atoms with Crippen molar-refractivity contribution >= 4 is 5.91 Å². The van der Waals surface area contributed by atoms with Crippen molar-refractivity contribution in [1.82, 2.24) is 4.90 Å². The number of rotatable bonds is 6. The highest BCUT2D eigenvalue weighted by atomic mass is 16.2. The summed E-state index contributed by atoms with van der Waals surface area (Å²) in [6.07, 6.45) is 9.64. The zero-order chi connectivity index (χ0) is 14.2. The van der Waals surface area contributed by atoms with Crippen LogP contribution in [0.1, 0.15) is 58.3 Å². The molecule has 3 fully saturated rings. The first kappa shape index (κ1) is 14.4. The van der Waals surface area contributed by atoms with Crippen LogP contribution in [-0.4, -0.2) is 30.4 Å². The lowest BCUT2D eigenvalue weighted by Crippen LogP contribution is -2.50. The Balaban J connectivity index is 1.68. The van der Waals surface area contributed by atoms with E-state index in [2.05, 4.69) is 11.8 Å². The number of carbonyl (C=O) groups is 1. The van der Waals surface area contributed by atoms with E-state index in [1.807, 2.05) is 0 Å². The Hall–Kier alpha value is -0.570. The molecular formula is C17H30N2O. The average Bonchev–Trinajstić information content (AvgIpc) is 3.34. The number of hydrogen-bond acceptors (Lipinski definition) is 2. The van der Waals surface area contributed by atoms with E-state index in [4.69, 9.17) is 5.73 Å². The van der Waals surface area contributed by atoms with Gasteiger partial charge in [0.25, 0.3) is 0 Å². The van der Waals surface area contributed by atoms with Crippen LogP contribution in [0.5, 0.6) is 0 Å². The Morgan fingerprint density at radius 2 is 1.55 bits per heavy atom. The molecule has 0 aromatic heterocycles. The Morgan fingerprint density at radius 1 is 1.05 bits per heavy atom. The molecule has 3 rings (SSSR count). The molecule has 0 bridgehead atoms. The van der Waals surface area contributed by atoms with E-state index in [1.165, 1.54) is 38.5 Å². The normalized spacial score (nSPS) is 34.0. The van der Waals surface area contributed by atoms with Crippen molar-refractivity contribution in [3.63, 3.8) is 0 Å². The number of nitrogens with two attached hydrogens (primary N) is 1. The van der Waals surface area contributed by atoms with Gasteiger partial charge in [-0.25, -0.2) is 0 Å². The minimum Gasteiger partial charge on any atom is -0.342 e. The summed E-state index contributed by atoms with van der Waals surface area (Å²) in [4.78, 5) is 15.3. The largest absolute Gasteiger partial charge is 0.342 e. The van der Waals surface area contributed by atoms with Crippen molar-refractivity contribution in [2.24, 2.45) is 28.9 Å². The fourth-order valence-electron chi connectivity index (χ4n) is 3.62. The van der Waals surface area contributed by atoms with Crippen molar-refractivity contribution in [2.75, 3.05) is 19.6 Å². The van der Waals surface area contributed by atoms with Crippen LogP contribution in [-0.2, 0) is 4.79 Å². The monoisotopic (exact) mass is 278 g/mol. The lowest BCUT2D eigenvalue weighted by Gasteiger charge is -2.41. The van der Waals surface area contributed by atoms with Crippen LogP contribution >= 0.6 is 0 Å². The van der Waals surface area contributed by atoms with Crippen LogP contribution in [0, 0.1) is 23.2 Å². The van der Waals surface area contributed by atoms with Crippen LogP contribution < -0.4 is 5.73 Å². The van der Waals surface area contributed by atoms with Gasteiger partial charge >= 0.3 is 0 Å². The van der Waals surface area contributed by atoms with Gasteiger partial charge in [0.15, 0.2) is 0 Å². The van der Waals surface area contributed by atoms with Crippen molar-refractivity contribution in [3.05, 3.63) is 0 Å². The second-order valence-corrected chi connectivity index (χ2v) is 7.76. The van der Waals surface area contributed by atoms with Gasteiger partial charge < -0.3 is 10.6 Å². The summed E-state index contributed by atoms with van der Waals surface area (Å²) in [7, 11) is 0. The highest BCUT2D eigenvalue weighted by Gasteiger charge is 2.44. The maximum Gasteiger partial charge on any atom is 0.230 e. The smallest absolute Gasteiger partial charge is 0.230 e. The number of hydrogen-bond donors (Lipinski definition) is 1. The quantitative estimate of drug-likeness (QED) is 0.812. The molecular weight excluding hydrogens is 248 g/mol. The molecule has 0 radical (unpaired) electrons. The maximum atomic E-state index is 13.1. The van der Waals surface area contributed by atoms with Gasteiger partial charge in [0.05, 0.1) is 5.41 Å². The molecule has 0 heterocycles. The van der Waals surface area contributed by atoms with Gasteiger partial charge in [-0.1, -0.05) is 6.92 Å². The van der Waals surface area contributed by atoms with Crippen LogP contribution in [0.2, 0.25) is 0 Å². The Bertz CT molecular complexity index is 338. The molecule has 0 saturated heterocycles. The van der Waals surface area contributed by atoms with E-state index in [-0.39, 0.29) is 5.41 Å². The molecule has 0 aromatic rings. The van der Waals surface area contributed by atoms with E-state index in [0.717, 1.165) is 43.7 Å². The standard InChI is InChI=1S/C17H30N2O/c1-13-6-8-17(12-18,9-7-13)16(20)19(10-14-2-3-14)11-15-4-5-15/h13-15H,2-12,18H2,1H3. The molecule has 3 aliphatic rings. The summed E-state index contributed by atoms with van der Waals surface area (Å²) in [5, 5.41) is 0. The van der Waals surface area contributed by atoms with Crippen molar-refractivity contribution in [2.45, 2.75) is 58.3 Å². The fraction of sp³-hybridized carbons (Fsp3) is 0.941. The lowest BCUT2D eigenvalue weighted by molar-refractivity contribution is -0.144. The van der Waals surface area contributed by atoms with Crippen LogP contribution in [0.15, 0.2) is 0 Å². The maximum absolute atomic E-state index is 13.1. The van der Waals surface area contributed by atoms with Crippen LogP contribution in [0.25, 0.3) is 0 Å². The minimum atomic E-state index is -0.226. The summed E-state index contributed by atoms with van der Waals surface area (Å²) in [5.41, 5.74) is 5.84. The first-order valence-electron chi connectivity index (χ1n) is 8.62. The van der Waals surface area contributed by atoms with Crippen molar-refractivity contribution < 1.29 is 4.79 Å². The van der Waals surface area contributed by atoms with E-state index in [1.54, 1.807) is 0 Å².